The fraction of sp³-hybridized carbons (Fsp3) is 0.969. The molecule has 0 bridgehead atoms. The van der Waals surface area contributed by atoms with E-state index in [2.05, 4.69) is 6.92 Å². The largest absolute Gasteiger partial charge is 0.472 e. The SMILES string of the molecule is CCCCCCCCCCCCCCCCCCCCCCOCC(COP(=O)(O)OCC[N+](C)(C)C)OC(C)=O. The van der Waals surface area contributed by atoms with Gasteiger partial charge in [-0.05, 0) is 6.42 Å². The maximum absolute atomic E-state index is 12.1. The first-order valence-electron chi connectivity index (χ1n) is 16.7. The normalized spacial score (nSPS) is 14.2. The van der Waals surface area contributed by atoms with Crippen molar-refractivity contribution in [3.8, 4) is 0 Å². The quantitative estimate of drug-likeness (QED) is 0.0365. The average molecular weight is 609 g/mol. The Bertz CT molecular complexity index is 642. The van der Waals surface area contributed by atoms with Crippen LogP contribution < -0.4 is 0 Å². The number of ether oxygens (including phenoxy) is 2. The number of esters is 1. The molecule has 0 aliphatic rings. The number of quaternary nitrogens is 1. The van der Waals surface area contributed by atoms with Gasteiger partial charge in [-0.15, -0.1) is 0 Å². The van der Waals surface area contributed by atoms with E-state index in [1.165, 1.54) is 122 Å². The first kappa shape index (κ1) is 40.5. The molecule has 0 fully saturated rings. The smallest absolute Gasteiger partial charge is 0.458 e. The van der Waals surface area contributed by atoms with Crippen molar-refractivity contribution in [3.63, 3.8) is 0 Å². The van der Waals surface area contributed by atoms with Gasteiger partial charge in [-0.1, -0.05) is 129 Å². The Hall–Kier alpha value is -0.500. The summed E-state index contributed by atoms with van der Waals surface area (Å²) in [6, 6.07) is 0. The molecule has 0 spiro atoms. The first-order chi connectivity index (χ1) is 19.6. The van der Waals surface area contributed by atoms with Gasteiger partial charge in [0.15, 0.2) is 0 Å². The van der Waals surface area contributed by atoms with Gasteiger partial charge in [0.2, 0.25) is 0 Å². The van der Waals surface area contributed by atoms with Gasteiger partial charge in [0.05, 0.1) is 34.4 Å². The van der Waals surface area contributed by atoms with Crippen molar-refractivity contribution >= 4 is 13.8 Å². The van der Waals surface area contributed by atoms with Crippen molar-refractivity contribution in [3.05, 3.63) is 0 Å². The topological polar surface area (TPSA) is 91.3 Å². The number of phosphoric acid groups is 1. The van der Waals surface area contributed by atoms with E-state index in [9.17, 15) is 14.3 Å². The van der Waals surface area contributed by atoms with Gasteiger partial charge >= 0.3 is 13.8 Å². The molecule has 0 aliphatic carbocycles. The molecule has 2 atom stereocenters. The lowest BCUT2D eigenvalue weighted by Crippen LogP contribution is -2.37. The van der Waals surface area contributed by atoms with Crippen LogP contribution in [0.5, 0.6) is 0 Å². The van der Waals surface area contributed by atoms with Gasteiger partial charge in [0, 0.05) is 13.5 Å². The third kappa shape index (κ3) is 32.3. The Balaban J connectivity index is 3.60. The van der Waals surface area contributed by atoms with Gasteiger partial charge in [-0.3, -0.25) is 13.8 Å². The molecule has 0 saturated heterocycles. The Morgan fingerprint density at radius 2 is 1.07 bits per heavy atom. The fourth-order valence-corrected chi connectivity index (χ4v) is 5.41. The molecular formula is C32H67NO7P+. The summed E-state index contributed by atoms with van der Waals surface area (Å²) >= 11 is 0. The summed E-state index contributed by atoms with van der Waals surface area (Å²) in [5.74, 6) is -0.486. The molecule has 0 radical (unpaired) electrons. The van der Waals surface area contributed by atoms with Crippen molar-refractivity contribution in [2.75, 3.05) is 54.1 Å². The van der Waals surface area contributed by atoms with Gasteiger partial charge in [-0.25, -0.2) is 4.57 Å². The van der Waals surface area contributed by atoms with Crippen molar-refractivity contribution in [1.82, 2.24) is 0 Å². The van der Waals surface area contributed by atoms with E-state index in [1.54, 1.807) is 0 Å². The Kier molecular flexibility index (Phi) is 26.7. The lowest BCUT2D eigenvalue weighted by molar-refractivity contribution is -0.870. The lowest BCUT2D eigenvalue weighted by Gasteiger charge is -2.24. The predicted molar refractivity (Wildman–Crippen MR) is 169 cm³/mol. The lowest BCUT2D eigenvalue weighted by atomic mass is 10.0. The van der Waals surface area contributed by atoms with E-state index in [1.807, 2.05) is 21.1 Å². The standard InChI is InChI=1S/C32H66NO7P/c1-6-7-8-9-10-11-12-13-14-15-16-17-18-19-20-21-22-23-24-25-27-37-29-32(40-31(2)34)30-39-41(35,36)38-28-26-33(3,4)5/h32H,6-30H2,1-5H3/p+1. The highest BCUT2D eigenvalue weighted by Crippen LogP contribution is 2.43. The van der Waals surface area contributed by atoms with Gasteiger partial charge in [0.25, 0.3) is 0 Å². The van der Waals surface area contributed by atoms with E-state index in [4.69, 9.17) is 18.5 Å². The second-order valence-corrected chi connectivity index (χ2v) is 14.1. The molecule has 1 N–H and O–H groups in total. The number of rotatable bonds is 31. The number of unbranched alkanes of at least 4 members (excludes halogenated alkanes) is 19. The highest BCUT2D eigenvalue weighted by atomic mass is 31.2. The number of carbonyl (C=O) groups is 1. The van der Waals surface area contributed by atoms with Crippen LogP contribution in [0.2, 0.25) is 0 Å². The fourth-order valence-electron chi connectivity index (χ4n) is 4.67. The molecule has 0 heterocycles. The molecule has 0 amide bonds. The van der Waals surface area contributed by atoms with E-state index in [0.717, 1.165) is 12.8 Å². The van der Waals surface area contributed by atoms with Crippen LogP contribution in [0, 0.1) is 0 Å². The summed E-state index contributed by atoms with van der Waals surface area (Å²) in [6.07, 6.45) is 26.2. The molecule has 2 unspecified atom stereocenters. The molecule has 0 aromatic carbocycles. The van der Waals surface area contributed by atoms with Crippen LogP contribution >= 0.6 is 7.82 Å². The van der Waals surface area contributed by atoms with E-state index < -0.39 is 19.9 Å². The summed E-state index contributed by atoms with van der Waals surface area (Å²) in [5, 5.41) is 0. The summed E-state index contributed by atoms with van der Waals surface area (Å²) < 4.78 is 33.5. The van der Waals surface area contributed by atoms with Crippen LogP contribution in [0.4, 0.5) is 0 Å². The monoisotopic (exact) mass is 608 g/mol. The second-order valence-electron chi connectivity index (χ2n) is 12.6. The zero-order valence-electron chi connectivity index (χ0n) is 27.5. The molecule has 41 heavy (non-hydrogen) atoms. The highest BCUT2D eigenvalue weighted by Gasteiger charge is 2.25. The Morgan fingerprint density at radius 3 is 1.46 bits per heavy atom. The zero-order chi connectivity index (χ0) is 30.7. The minimum Gasteiger partial charge on any atom is -0.458 e. The summed E-state index contributed by atoms with van der Waals surface area (Å²) in [7, 11) is 1.67. The second kappa shape index (κ2) is 27.1. The van der Waals surface area contributed by atoms with E-state index in [-0.39, 0.29) is 19.8 Å². The number of likely N-dealkylation sites (N-methyl/N-ethyl adjacent to an activating group) is 1. The molecule has 246 valence electrons. The van der Waals surface area contributed by atoms with Crippen LogP contribution in [0.3, 0.4) is 0 Å². The number of carbonyl (C=O) groups excluding carboxylic acids is 1. The highest BCUT2D eigenvalue weighted by molar-refractivity contribution is 7.47. The number of hydrogen-bond acceptors (Lipinski definition) is 6. The molecule has 0 rings (SSSR count). The van der Waals surface area contributed by atoms with E-state index in [0.29, 0.717) is 17.6 Å². The minimum atomic E-state index is -4.21. The van der Waals surface area contributed by atoms with Crippen molar-refractivity contribution in [2.24, 2.45) is 0 Å². The molecule has 0 saturated carbocycles. The first-order valence-corrected chi connectivity index (χ1v) is 18.2. The Morgan fingerprint density at radius 1 is 0.659 bits per heavy atom. The number of nitrogens with zero attached hydrogens (tertiary/aromatic N) is 1. The van der Waals surface area contributed by atoms with Crippen LogP contribution in [0.25, 0.3) is 0 Å². The molecule has 0 aromatic rings. The van der Waals surface area contributed by atoms with Crippen molar-refractivity contribution in [1.29, 1.82) is 0 Å². The average Bonchev–Trinajstić information content (AvgIpc) is 2.89. The molecular weight excluding hydrogens is 541 g/mol. The zero-order valence-corrected chi connectivity index (χ0v) is 28.4. The van der Waals surface area contributed by atoms with Crippen molar-refractivity contribution in [2.45, 2.75) is 148 Å². The summed E-state index contributed by atoms with van der Waals surface area (Å²) in [6.45, 7) is 4.65. The maximum atomic E-state index is 12.1. The van der Waals surface area contributed by atoms with Crippen LogP contribution in [-0.4, -0.2) is 75.6 Å². The molecule has 8 nitrogen and oxygen atoms in total. The van der Waals surface area contributed by atoms with Gasteiger partial charge < -0.3 is 18.9 Å². The van der Waals surface area contributed by atoms with Crippen LogP contribution in [0.15, 0.2) is 0 Å². The van der Waals surface area contributed by atoms with Crippen molar-refractivity contribution < 1.29 is 37.3 Å². The molecule has 0 aliphatic heterocycles. The maximum Gasteiger partial charge on any atom is 0.472 e. The van der Waals surface area contributed by atoms with Gasteiger partial charge in [0.1, 0.15) is 19.3 Å². The molecule has 0 aromatic heterocycles. The molecule has 9 heteroatoms. The van der Waals surface area contributed by atoms with Crippen LogP contribution in [-0.2, 0) is 27.9 Å². The Labute approximate surface area is 253 Å². The third-order valence-electron chi connectivity index (χ3n) is 7.22. The van der Waals surface area contributed by atoms with Crippen LogP contribution in [0.1, 0.15) is 142 Å². The summed E-state index contributed by atoms with van der Waals surface area (Å²) in [5.41, 5.74) is 0. The number of hydrogen-bond donors (Lipinski definition) is 1. The van der Waals surface area contributed by atoms with Gasteiger partial charge in [-0.2, -0.15) is 0 Å². The minimum absolute atomic E-state index is 0.0887. The third-order valence-corrected chi connectivity index (χ3v) is 8.20. The predicted octanol–water partition coefficient (Wildman–Crippen LogP) is 8.60. The number of phosphoric ester groups is 1. The summed E-state index contributed by atoms with van der Waals surface area (Å²) in [4.78, 5) is 21.3. The van der Waals surface area contributed by atoms with E-state index >= 15 is 0 Å².